The van der Waals surface area contributed by atoms with E-state index >= 15 is 0 Å². The quantitative estimate of drug-likeness (QED) is 0.722. The molecule has 0 saturated carbocycles. The Bertz CT molecular complexity index is 688. The van der Waals surface area contributed by atoms with Gasteiger partial charge in [0, 0.05) is 6.54 Å². The Morgan fingerprint density at radius 3 is 2.67 bits per heavy atom. The van der Waals surface area contributed by atoms with Gasteiger partial charge < -0.3 is 10.6 Å². The number of anilines is 1. The van der Waals surface area contributed by atoms with Gasteiger partial charge >= 0.3 is 0 Å². The largest absolute Gasteiger partial charge is 0.355 e. The number of carbonyl (C=O) groups excluding carboxylic acids is 2. The summed E-state index contributed by atoms with van der Waals surface area (Å²) >= 11 is 1.12. The maximum Gasteiger partial charge on any atom is 0.238 e. The second-order valence-corrected chi connectivity index (χ2v) is 6.07. The van der Waals surface area contributed by atoms with E-state index in [9.17, 15) is 9.59 Å². The fourth-order valence-corrected chi connectivity index (χ4v) is 2.90. The number of aromatic nitrogens is 2. The molecule has 0 unspecified atom stereocenters. The summed E-state index contributed by atoms with van der Waals surface area (Å²) in [6, 6.07) is 5.50. The Morgan fingerprint density at radius 1 is 1.12 bits per heavy atom. The van der Waals surface area contributed by atoms with Crippen molar-refractivity contribution in [2.45, 2.75) is 26.7 Å². The summed E-state index contributed by atoms with van der Waals surface area (Å²) in [5, 5.41) is 5.70. The molecule has 7 nitrogen and oxygen atoms in total. The van der Waals surface area contributed by atoms with Gasteiger partial charge in [0.1, 0.15) is 11.0 Å². The fraction of sp³-hybridized carbons (Fsp3) is 0.500. The summed E-state index contributed by atoms with van der Waals surface area (Å²) in [5.41, 5.74) is 2.11. The van der Waals surface area contributed by atoms with Crippen molar-refractivity contribution < 1.29 is 9.59 Å². The van der Waals surface area contributed by atoms with Crippen molar-refractivity contribution in [1.29, 1.82) is 0 Å². The van der Waals surface area contributed by atoms with Gasteiger partial charge in [-0.15, -0.1) is 0 Å². The van der Waals surface area contributed by atoms with Gasteiger partial charge in [0.2, 0.25) is 11.8 Å². The van der Waals surface area contributed by atoms with Gasteiger partial charge in [0.05, 0.1) is 30.5 Å². The van der Waals surface area contributed by atoms with Crippen LogP contribution < -0.4 is 10.6 Å². The van der Waals surface area contributed by atoms with Crippen molar-refractivity contribution >= 4 is 40.3 Å². The lowest BCUT2D eigenvalue weighted by atomic mass is 10.2. The molecular formula is C16H23N5O2S. The highest BCUT2D eigenvalue weighted by atomic mass is 32.1. The number of hydrogen-bond donors (Lipinski definition) is 2. The van der Waals surface area contributed by atoms with Crippen molar-refractivity contribution in [3.05, 3.63) is 18.2 Å². The van der Waals surface area contributed by atoms with E-state index in [2.05, 4.69) is 19.4 Å². The molecule has 2 rings (SSSR count). The summed E-state index contributed by atoms with van der Waals surface area (Å²) in [6.45, 7) is 5.77. The zero-order chi connectivity index (χ0) is 17.4. The maximum atomic E-state index is 12.3. The zero-order valence-electron chi connectivity index (χ0n) is 14.0. The first-order chi connectivity index (χ1) is 11.6. The van der Waals surface area contributed by atoms with Crippen LogP contribution in [0.2, 0.25) is 0 Å². The molecule has 0 spiro atoms. The lowest BCUT2D eigenvalue weighted by Crippen LogP contribution is -2.41. The van der Waals surface area contributed by atoms with Gasteiger partial charge in [-0.05, 0) is 31.5 Å². The Kier molecular flexibility index (Phi) is 7.07. The molecule has 0 bridgehead atoms. The molecule has 0 atom stereocenters. The second-order valence-electron chi connectivity index (χ2n) is 5.55. The molecule has 0 aliphatic carbocycles. The Balaban J connectivity index is 1.95. The van der Waals surface area contributed by atoms with E-state index in [4.69, 9.17) is 0 Å². The average Bonchev–Trinajstić information content (AvgIpc) is 3.02. The number of fused-ring (bicyclic) bond motifs is 1. The van der Waals surface area contributed by atoms with Crippen molar-refractivity contribution in [1.82, 2.24) is 19.0 Å². The zero-order valence-corrected chi connectivity index (χ0v) is 14.9. The van der Waals surface area contributed by atoms with E-state index in [1.165, 1.54) is 0 Å². The lowest BCUT2D eigenvalue weighted by Gasteiger charge is -2.20. The molecule has 0 radical (unpaired) electrons. The van der Waals surface area contributed by atoms with E-state index in [0.717, 1.165) is 30.1 Å². The molecule has 1 aromatic heterocycles. The highest BCUT2D eigenvalue weighted by Gasteiger charge is 2.15. The molecule has 0 fully saturated rings. The Morgan fingerprint density at radius 2 is 1.92 bits per heavy atom. The minimum Gasteiger partial charge on any atom is -0.355 e. The average molecular weight is 349 g/mol. The first-order valence-electron chi connectivity index (χ1n) is 8.14. The number of hydrogen-bond acceptors (Lipinski definition) is 6. The Labute approximate surface area is 145 Å². The predicted octanol–water partition coefficient (Wildman–Crippen LogP) is 1.87. The van der Waals surface area contributed by atoms with Crippen LogP contribution >= 0.6 is 11.7 Å². The summed E-state index contributed by atoms with van der Waals surface area (Å²) in [7, 11) is 0. The molecule has 1 aromatic carbocycles. The van der Waals surface area contributed by atoms with Crippen LogP contribution in [-0.4, -0.2) is 51.6 Å². The third-order valence-corrected chi connectivity index (χ3v) is 3.95. The summed E-state index contributed by atoms with van der Waals surface area (Å²) in [5.74, 6) is -0.212. The predicted molar refractivity (Wildman–Crippen MR) is 96.1 cm³/mol. The van der Waals surface area contributed by atoms with Gasteiger partial charge in [-0.25, -0.2) is 0 Å². The number of carbonyl (C=O) groups is 2. The normalized spacial score (nSPS) is 11.0. The smallest absolute Gasteiger partial charge is 0.238 e. The highest BCUT2D eigenvalue weighted by Crippen LogP contribution is 2.20. The van der Waals surface area contributed by atoms with Gasteiger partial charge in [-0.1, -0.05) is 19.9 Å². The molecule has 1 heterocycles. The molecule has 8 heteroatoms. The molecule has 0 aliphatic heterocycles. The molecule has 2 amide bonds. The molecule has 24 heavy (non-hydrogen) atoms. The number of benzene rings is 1. The second kappa shape index (κ2) is 9.29. The molecule has 2 N–H and O–H groups in total. The van der Waals surface area contributed by atoms with Crippen LogP contribution in [0, 0.1) is 0 Å². The third kappa shape index (κ3) is 5.24. The maximum absolute atomic E-state index is 12.3. The van der Waals surface area contributed by atoms with Crippen LogP contribution in [0.25, 0.3) is 11.0 Å². The third-order valence-electron chi connectivity index (χ3n) is 3.41. The van der Waals surface area contributed by atoms with Gasteiger partial charge in [0.25, 0.3) is 0 Å². The molecular weight excluding hydrogens is 326 g/mol. The van der Waals surface area contributed by atoms with Crippen molar-refractivity contribution in [2.24, 2.45) is 0 Å². The minimum absolute atomic E-state index is 0.0519. The highest BCUT2D eigenvalue weighted by molar-refractivity contribution is 7.00. The van der Waals surface area contributed by atoms with Crippen LogP contribution in [0.4, 0.5) is 5.69 Å². The van der Waals surface area contributed by atoms with Crippen LogP contribution in [0.15, 0.2) is 18.2 Å². The SMILES string of the molecule is CCCNC(=O)CN(CCC)CC(=O)Nc1cccc2nsnc12. The lowest BCUT2D eigenvalue weighted by molar-refractivity contribution is -0.123. The van der Waals surface area contributed by atoms with Crippen molar-refractivity contribution in [3.63, 3.8) is 0 Å². The first-order valence-corrected chi connectivity index (χ1v) is 8.87. The van der Waals surface area contributed by atoms with E-state index in [-0.39, 0.29) is 24.9 Å². The summed E-state index contributed by atoms with van der Waals surface area (Å²) in [6.07, 6.45) is 1.77. The number of nitrogens with one attached hydrogen (secondary N) is 2. The molecule has 0 saturated heterocycles. The van der Waals surface area contributed by atoms with Crippen molar-refractivity contribution in [2.75, 3.05) is 31.5 Å². The Hall–Kier alpha value is -2.06. The van der Waals surface area contributed by atoms with Crippen LogP contribution in [0.1, 0.15) is 26.7 Å². The van der Waals surface area contributed by atoms with Gasteiger partial charge in [0.15, 0.2) is 0 Å². The minimum atomic E-state index is -0.160. The molecule has 130 valence electrons. The standard InChI is InChI=1S/C16H23N5O2S/c1-3-8-17-14(22)10-21(9-4-2)11-15(23)18-12-6-5-7-13-16(12)20-24-19-13/h5-7H,3-4,8-11H2,1-2H3,(H,17,22)(H,18,23). The monoisotopic (exact) mass is 349 g/mol. The topological polar surface area (TPSA) is 87.2 Å². The molecule has 2 aromatic rings. The summed E-state index contributed by atoms with van der Waals surface area (Å²) < 4.78 is 8.37. The van der Waals surface area contributed by atoms with Gasteiger partial charge in [-0.2, -0.15) is 8.75 Å². The number of nitrogens with zero attached hydrogens (tertiary/aromatic N) is 3. The van der Waals surface area contributed by atoms with E-state index < -0.39 is 0 Å². The van der Waals surface area contributed by atoms with E-state index in [1.54, 1.807) is 6.07 Å². The van der Waals surface area contributed by atoms with Crippen LogP contribution in [0.5, 0.6) is 0 Å². The fourth-order valence-electron chi connectivity index (χ4n) is 2.35. The number of rotatable bonds is 9. The molecule has 0 aliphatic rings. The van der Waals surface area contributed by atoms with E-state index in [0.29, 0.717) is 24.3 Å². The number of amides is 2. The van der Waals surface area contributed by atoms with Crippen LogP contribution in [0.3, 0.4) is 0 Å². The summed E-state index contributed by atoms with van der Waals surface area (Å²) in [4.78, 5) is 26.0. The van der Waals surface area contributed by atoms with Crippen molar-refractivity contribution in [3.8, 4) is 0 Å². The van der Waals surface area contributed by atoms with Crippen LogP contribution in [-0.2, 0) is 9.59 Å². The van der Waals surface area contributed by atoms with Gasteiger partial charge in [-0.3, -0.25) is 14.5 Å². The van der Waals surface area contributed by atoms with E-state index in [1.807, 2.05) is 30.9 Å². The first kappa shape index (κ1) is 18.3.